The summed E-state index contributed by atoms with van der Waals surface area (Å²) >= 11 is 0. The first-order valence-corrected chi connectivity index (χ1v) is 12.6. The molecule has 184 valence electrons. The molecule has 3 atom stereocenters. The zero-order valence-corrected chi connectivity index (χ0v) is 21.6. The zero-order valence-electron chi connectivity index (χ0n) is 21.6. The number of fused-ring (bicyclic) bond motifs is 3. The fourth-order valence-corrected chi connectivity index (χ4v) is 6.57. The minimum absolute atomic E-state index is 0.0583. The van der Waals surface area contributed by atoms with E-state index in [0.717, 1.165) is 12.8 Å². The third-order valence-electron chi connectivity index (χ3n) is 8.48. The molecule has 2 N–H and O–H groups in total. The number of methoxy groups -OCH3 is 2. The van der Waals surface area contributed by atoms with Gasteiger partial charge in [0.15, 0.2) is 0 Å². The molecule has 2 aromatic carbocycles. The second-order valence-corrected chi connectivity index (χ2v) is 11.0. The van der Waals surface area contributed by atoms with Crippen LogP contribution in [0.3, 0.4) is 0 Å². The van der Waals surface area contributed by atoms with E-state index in [1.165, 1.54) is 36.0 Å². The van der Waals surface area contributed by atoms with Gasteiger partial charge < -0.3 is 20.1 Å². The Bertz CT molecular complexity index is 1050. The van der Waals surface area contributed by atoms with Crippen LogP contribution in [-0.4, -0.2) is 26.8 Å². The lowest BCUT2D eigenvalue weighted by Gasteiger charge is -2.55. The van der Waals surface area contributed by atoms with Crippen molar-refractivity contribution < 1.29 is 14.3 Å². The molecule has 0 saturated heterocycles. The topological polar surface area (TPSA) is 59.6 Å². The number of ether oxygens (including phenoxy) is 2. The van der Waals surface area contributed by atoms with Gasteiger partial charge in [0.25, 0.3) is 0 Å². The van der Waals surface area contributed by atoms with Crippen molar-refractivity contribution in [2.24, 2.45) is 11.3 Å². The summed E-state index contributed by atoms with van der Waals surface area (Å²) in [4.78, 5) is 12.9. The highest BCUT2D eigenvalue weighted by atomic mass is 16.5. The van der Waals surface area contributed by atoms with Gasteiger partial charge in [-0.25, -0.2) is 4.79 Å². The van der Waals surface area contributed by atoms with Crippen LogP contribution in [0.2, 0.25) is 0 Å². The monoisotopic (exact) mass is 464 g/mol. The van der Waals surface area contributed by atoms with Gasteiger partial charge in [0.05, 0.1) is 19.9 Å². The van der Waals surface area contributed by atoms with Gasteiger partial charge in [-0.2, -0.15) is 0 Å². The summed E-state index contributed by atoms with van der Waals surface area (Å²) < 4.78 is 10.7. The lowest BCUT2D eigenvalue weighted by atomic mass is 9.49. The van der Waals surface area contributed by atoms with Gasteiger partial charge in [-0.1, -0.05) is 52.3 Å². The van der Waals surface area contributed by atoms with Crippen molar-refractivity contribution in [2.75, 3.05) is 26.1 Å². The van der Waals surface area contributed by atoms with Crippen LogP contribution in [0.15, 0.2) is 36.4 Å². The molecular weight excluding hydrogens is 424 g/mol. The van der Waals surface area contributed by atoms with Gasteiger partial charge in [-0.3, -0.25) is 0 Å². The van der Waals surface area contributed by atoms with E-state index in [0.29, 0.717) is 35.6 Å². The average molecular weight is 465 g/mol. The van der Waals surface area contributed by atoms with E-state index >= 15 is 0 Å². The van der Waals surface area contributed by atoms with Crippen molar-refractivity contribution in [2.45, 2.75) is 71.1 Å². The molecule has 5 nitrogen and oxygen atoms in total. The third kappa shape index (κ3) is 4.49. The summed E-state index contributed by atoms with van der Waals surface area (Å²) in [5.41, 5.74) is 5.35. The van der Waals surface area contributed by atoms with Crippen molar-refractivity contribution >= 4 is 11.7 Å². The van der Waals surface area contributed by atoms with Crippen LogP contribution >= 0.6 is 0 Å². The largest absolute Gasteiger partial charge is 0.497 e. The Hall–Kier alpha value is -2.69. The van der Waals surface area contributed by atoms with E-state index in [9.17, 15) is 4.79 Å². The van der Waals surface area contributed by atoms with Crippen LogP contribution < -0.4 is 20.1 Å². The molecule has 0 aromatic heterocycles. The first-order valence-electron chi connectivity index (χ1n) is 12.6. The standard InChI is InChI=1S/C29H40N2O3/c1-19(2)20-8-11-23-21(16-20)9-13-26-28(3,14-7-15-29(23,26)4)18-30-27(32)31-24-12-10-22(33-5)17-25(24)34-6/h8,10-12,16-17,19,26H,7,9,13-15,18H2,1-6H3,(H2,30,31,32)/t26-,28+,29-/m1/s1. The summed E-state index contributed by atoms with van der Waals surface area (Å²) in [6.07, 6.45) is 5.85. The molecular formula is C29H40N2O3. The van der Waals surface area contributed by atoms with Crippen molar-refractivity contribution in [3.63, 3.8) is 0 Å². The number of anilines is 1. The smallest absolute Gasteiger partial charge is 0.319 e. The first-order chi connectivity index (χ1) is 16.2. The van der Waals surface area contributed by atoms with Gasteiger partial charge in [0.2, 0.25) is 0 Å². The number of aryl methyl sites for hydroxylation is 1. The van der Waals surface area contributed by atoms with Crippen molar-refractivity contribution in [3.8, 4) is 11.5 Å². The van der Waals surface area contributed by atoms with Gasteiger partial charge in [-0.15, -0.1) is 0 Å². The van der Waals surface area contributed by atoms with Crippen LogP contribution in [-0.2, 0) is 11.8 Å². The molecule has 34 heavy (non-hydrogen) atoms. The highest BCUT2D eigenvalue weighted by Gasteiger charge is 2.51. The Morgan fingerprint density at radius 2 is 1.88 bits per heavy atom. The molecule has 1 saturated carbocycles. The van der Waals surface area contributed by atoms with E-state index in [-0.39, 0.29) is 16.9 Å². The number of rotatable bonds is 6. The third-order valence-corrected chi connectivity index (χ3v) is 8.48. The molecule has 4 rings (SSSR count). The Morgan fingerprint density at radius 3 is 2.59 bits per heavy atom. The average Bonchev–Trinajstić information content (AvgIpc) is 2.82. The molecule has 2 aliphatic carbocycles. The Labute approximate surface area is 204 Å². The van der Waals surface area contributed by atoms with E-state index < -0.39 is 0 Å². The number of hydrogen-bond acceptors (Lipinski definition) is 3. The maximum atomic E-state index is 12.9. The quantitative estimate of drug-likeness (QED) is 0.502. The molecule has 0 unspecified atom stereocenters. The second kappa shape index (κ2) is 9.52. The highest BCUT2D eigenvalue weighted by Crippen LogP contribution is 2.57. The van der Waals surface area contributed by atoms with E-state index in [4.69, 9.17) is 9.47 Å². The molecule has 2 amide bonds. The predicted molar refractivity (Wildman–Crippen MR) is 138 cm³/mol. The van der Waals surface area contributed by atoms with Crippen LogP contribution in [0, 0.1) is 11.3 Å². The number of amides is 2. The molecule has 2 aliphatic rings. The molecule has 0 aliphatic heterocycles. The van der Waals surface area contributed by atoms with Crippen LogP contribution in [0.1, 0.15) is 76.0 Å². The predicted octanol–water partition coefficient (Wildman–Crippen LogP) is 6.66. The van der Waals surface area contributed by atoms with E-state index in [1.54, 1.807) is 26.4 Å². The van der Waals surface area contributed by atoms with E-state index in [2.05, 4.69) is 56.5 Å². The number of hydrogen-bond donors (Lipinski definition) is 2. The van der Waals surface area contributed by atoms with Crippen LogP contribution in [0.4, 0.5) is 10.5 Å². The van der Waals surface area contributed by atoms with Crippen molar-refractivity contribution in [3.05, 3.63) is 53.1 Å². The summed E-state index contributed by atoms with van der Waals surface area (Å²) in [6, 6.07) is 12.4. The number of benzene rings is 2. The normalized spacial score (nSPS) is 25.8. The van der Waals surface area contributed by atoms with Gasteiger partial charge >= 0.3 is 6.03 Å². The number of carbonyl (C=O) groups excluding carboxylic acids is 1. The maximum absolute atomic E-state index is 12.9. The molecule has 0 radical (unpaired) electrons. The van der Waals surface area contributed by atoms with E-state index in [1.807, 2.05) is 6.07 Å². The fraction of sp³-hybridized carbons (Fsp3) is 0.552. The summed E-state index contributed by atoms with van der Waals surface area (Å²) in [5, 5.41) is 6.14. The molecule has 5 heteroatoms. The molecule has 1 fully saturated rings. The summed E-state index contributed by atoms with van der Waals surface area (Å²) in [5.74, 6) is 2.37. The molecule has 0 bridgehead atoms. The Balaban J connectivity index is 1.48. The maximum Gasteiger partial charge on any atom is 0.319 e. The van der Waals surface area contributed by atoms with Gasteiger partial charge in [0.1, 0.15) is 11.5 Å². The minimum atomic E-state index is -0.199. The second-order valence-electron chi connectivity index (χ2n) is 11.0. The van der Waals surface area contributed by atoms with Gasteiger partial charge in [0, 0.05) is 12.6 Å². The first kappa shape index (κ1) is 24.4. The molecule has 2 aromatic rings. The fourth-order valence-electron chi connectivity index (χ4n) is 6.57. The Morgan fingerprint density at radius 1 is 1.09 bits per heavy atom. The van der Waals surface area contributed by atoms with Crippen LogP contribution in [0.25, 0.3) is 0 Å². The number of carbonyl (C=O) groups is 1. The lowest BCUT2D eigenvalue weighted by molar-refractivity contribution is 0.0281. The van der Waals surface area contributed by atoms with Crippen LogP contribution in [0.5, 0.6) is 11.5 Å². The Kier molecular flexibility index (Phi) is 6.84. The zero-order chi connectivity index (χ0) is 24.5. The summed E-state index contributed by atoms with van der Waals surface area (Å²) in [6.45, 7) is 10.0. The SMILES string of the molecule is COc1ccc(NC(=O)NC[C@]2(C)CCC[C@]3(C)c4ccc(C(C)C)cc4CC[C@H]23)c(OC)c1. The molecule has 0 spiro atoms. The van der Waals surface area contributed by atoms with Gasteiger partial charge in [-0.05, 0) is 77.2 Å². The molecule has 0 heterocycles. The minimum Gasteiger partial charge on any atom is -0.497 e. The van der Waals surface area contributed by atoms with Crippen molar-refractivity contribution in [1.82, 2.24) is 5.32 Å². The van der Waals surface area contributed by atoms with Crippen molar-refractivity contribution in [1.29, 1.82) is 0 Å². The lowest BCUT2D eigenvalue weighted by Crippen LogP contribution is -2.53. The number of urea groups is 1. The summed E-state index contributed by atoms with van der Waals surface area (Å²) in [7, 11) is 3.20. The highest BCUT2D eigenvalue weighted by molar-refractivity contribution is 5.91. The number of nitrogens with one attached hydrogen (secondary N) is 2.